The van der Waals surface area contributed by atoms with E-state index in [4.69, 9.17) is 5.53 Å². The van der Waals surface area contributed by atoms with Crippen molar-refractivity contribution in [1.82, 2.24) is 4.90 Å². The van der Waals surface area contributed by atoms with E-state index in [1.165, 1.54) is 0 Å². The van der Waals surface area contributed by atoms with Gasteiger partial charge in [-0.3, -0.25) is 4.79 Å². The van der Waals surface area contributed by atoms with Crippen molar-refractivity contribution < 1.29 is 4.79 Å². The highest BCUT2D eigenvalue weighted by Gasteiger charge is 2.15. The largest absolute Gasteiger partial charge is 0.339 e. The number of benzene rings is 1. The van der Waals surface area contributed by atoms with Crippen LogP contribution in [0.3, 0.4) is 0 Å². The van der Waals surface area contributed by atoms with Crippen molar-refractivity contribution in [3.8, 4) is 0 Å². The fourth-order valence-corrected chi connectivity index (χ4v) is 1.37. The van der Waals surface area contributed by atoms with Crippen LogP contribution in [0.15, 0.2) is 35.4 Å². The van der Waals surface area contributed by atoms with Gasteiger partial charge in [-0.15, -0.1) is 0 Å². The number of hydrogen-bond donors (Lipinski definition) is 0. The Bertz CT molecular complexity index is 398. The van der Waals surface area contributed by atoms with Gasteiger partial charge in [-0.1, -0.05) is 35.4 Å². The van der Waals surface area contributed by atoms with Crippen molar-refractivity contribution in [2.75, 3.05) is 13.6 Å². The highest BCUT2D eigenvalue weighted by molar-refractivity contribution is 5.78. The van der Waals surface area contributed by atoms with E-state index in [0.717, 1.165) is 5.56 Å². The summed E-state index contributed by atoms with van der Waals surface area (Å²) in [6.07, 6.45) is 0. The second kappa shape index (κ2) is 5.78. The summed E-state index contributed by atoms with van der Waals surface area (Å²) in [5.41, 5.74) is 9.20. The zero-order valence-electron chi connectivity index (χ0n) is 9.37. The van der Waals surface area contributed by atoms with Gasteiger partial charge in [0.05, 0.1) is 6.04 Å². The number of hydrogen-bond acceptors (Lipinski definition) is 2. The summed E-state index contributed by atoms with van der Waals surface area (Å²) in [7, 11) is 1.70. The number of amides is 1. The predicted octanol–water partition coefficient (Wildman–Crippen LogP) is 2.52. The van der Waals surface area contributed by atoms with Crippen LogP contribution in [0.4, 0.5) is 0 Å². The van der Waals surface area contributed by atoms with Crippen LogP contribution in [0.5, 0.6) is 0 Å². The van der Waals surface area contributed by atoms with Crippen molar-refractivity contribution in [2.24, 2.45) is 5.11 Å². The van der Waals surface area contributed by atoms with Gasteiger partial charge >= 0.3 is 0 Å². The number of nitrogens with zero attached hydrogens (tertiary/aromatic N) is 4. The minimum absolute atomic E-state index is 0.0254. The average Bonchev–Trinajstić information content (AvgIpc) is 2.35. The minimum atomic E-state index is -0.186. The average molecular weight is 218 g/mol. The smallest absolute Gasteiger partial charge is 0.228 e. The molecule has 0 saturated heterocycles. The molecule has 1 unspecified atom stereocenters. The SMILES string of the molecule is CC(c1ccccc1)N(C)C(=O)CN=[N+]=[N-]. The Hall–Kier alpha value is -2.00. The molecule has 0 aliphatic rings. The molecule has 0 spiro atoms. The summed E-state index contributed by atoms with van der Waals surface area (Å²) >= 11 is 0. The third kappa shape index (κ3) is 3.00. The molecule has 5 nitrogen and oxygen atoms in total. The number of azide groups is 1. The Balaban J connectivity index is 2.70. The van der Waals surface area contributed by atoms with Gasteiger partial charge in [0.1, 0.15) is 6.54 Å². The zero-order valence-corrected chi connectivity index (χ0v) is 9.37. The number of carbonyl (C=O) groups is 1. The molecule has 1 amide bonds. The molecule has 0 fully saturated rings. The van der Waals surface area contributed by atoms with Crippen LogP contribution in [-0.2, 0) is 4.79 Å². The van der Waals surface area contributed by atoms with Crippen LogP contribution in [0.1, 0.15) is 18.5 Å². The molecular weight excluding hydrogens is 204 g/mol. The lowest BCUT2D eigenvalue weighted by atomic mass is 10.1. The van der Waals surface area contributed by atoms with Crippen LogP contribution in [0, 0.1) is 0 Å². The van der Waals surface area contributed by atoms with Gasteiger partial charge in [0.2, 0.25) is 5.91 Å². The maximum atomic E-state index is 11.6. The lowest BCUT2D eigenvalue weighted by molar-refractivity contribution is -0.130. The topological polar surface area (TPSA) is 69.1 Å². The first-order valence-corrected chi connectivity index (χ1v) is 4.98. The summed E-state index contributed by atoms with van der Waals surface area (Å²) in [5, 5.41) is 3.26. The Morgan fingerprint density at radius 3 is 2.69 bits per heavy atom. The highest BCUT2D eigenvalue weighted by atomic mass is 16.2. The van der Waals surface area contributed by atoms with Crippen molar-refractivity contribution in [3.63, 3.8) is 0 Å². The molecule has 0 bridgehead atoms. The van der Waals surface area contributed by atoms with Gasteiger partial charge in [0.25, 0.3) is 0 Å². The molecule has 0 saturated carbocycles. The van der Waals surface area contributed by atoms with E-state index in [1.54, 1.807) is 11.9 Å². The molecule has 1 rings (SSSR count). The van der Waals surface area contributed by atoms with Crippen molar-refractivity contribution in [3.05, 3.63) is 46.3 Å². The first-order chi connectivity index (χ1) is 7.66. The lowest BCUT2D eigenvalue weighted by Crippen LogP contribution is -2.31. The first kappa shape index (κ1) is 12.1. The molecule has 1 atom stereocenters. The molecule has 16 heavy (non-hydrogen) atoms. The van der Waals surface area contributed by atoms with E-state index in [-0.39, 0.29) is 18.5 Å². The summed E-state index contributed by atoms with van der Waals surface area (Å²) in [6.45, 7) is 1.80. The fourth-order valence-electron chi connectivity index (χ4n) is 1.37. The van der Waals surface area contributed by atoms with Crippen LogP contribution >= 0.6 is 0 Å². The van der Waals surface area contributed by atoms with E-state index in [2.05, 4.69) is 10.0 Å². The fraction of sp³-hybridized carbons (Fsp3) is 0.364. The van der Waals surface area contributed by atoms with Crippen LogP contribution < -0.4 is 0 Å². The molecule has 84 valence electrons. The lowest BCUT2D eigenvalue weighted by Gasteiger charge is -2.24. The molecule has 0 aliphatic carbocycles. The molecule has 0 aromatic heterocycles. The molecule has 1 aromatic rings. The van der Waals surface area contributed by atoms with E-state index in [0.29, 0.717) is 0 Å². The molecule has 0 aliphatic heterocycles. The second-order valence-corrected chi connectivity index (χ2v) is 3.48. The van der Waals surface area contributed by atoms with Gasteiger partial charge in [-0.05, 0) is 18.0 Å². The van der Waals surface area contributed by atoms with E-state index in [1.807, 2.05) is 37.3 Å². The van der Waals surface area contributed by atoms with Gasteiger partial charge < -0.3 is 4.90 Å². The maximum absolute atomic E-state index is 11.6. The van der Waals surface area contributed by atoms with E-state index >= 15 is 0 Å². The second-order valence-electron chi connectivity index (χ2n) is 3.48. The van der Waals surface area contributed by atoms with Gasteiger partial charge in [-0.25, -0.2) is 0 Å². The molecule has 0 N–H and O–H groups in total. The predicted molar refractivity (Wildman–Crippen MR) is 61.6 cm³/mol. The zero-order chi connectivity index (χ0) is 12.0. The van der Waals surface area contributed by atoms with Crippen molar-refractivity contribution in [1.29, 1.82) is 0 Å². The Labute approximate surface area is 94.3 Å². The quantitative estimate of drug-likeness (QED) is 0.435. The van der Waals surface area contributed by atoms with Crippen molar-refractivity contribution in [2.45, 2.75) is 13.0 Å². The molecule has 0 heterocycles. The van der Waals surface area contributed by atoms with Crippen molar-refractivity contribution >= 4 is 5.91 Å². The third-order valence-corrected chi connectivity index (χ3v) is 2.53. The van der Waals surface area contributed by atoms with E-state index < -0.39 is 0 Å². The van der Waals surface area contributed by atoms with Gasteiger partial charge in [0.15, 0.2) is 0 Å². The highest BCUT2D eigenvalue weighted by Crippen LogP contribution is 2.17. The van der Waals surface area contributed by atoms with Gasteiger partial charge in [-0.2, -0.15) is 0 Å². The summed E-state index contributed by atoms with van der Waals surface area (Å²) in [5.74, 6) is -0.186. The molecule has 5 heteroatoms. The molecular formula is C11H14N4O. The number of likely N-dealkylation sites (N-methyl/N-ethyl adjacent to an activating group) is 1. The first-order valence-electron chi connectivity index (χ1n) is 4.98. The standard InChI is InChI=1S/C11H14N4O/c1-9(10-6-4-3-5-7-10)15(2)11(16)8-13-14-12/h3-7,9H,8H2,1-2H3. The minimum Gasteiger partial charge on any atom is -0.339 e. The van der Waals surface area contributed by atoms with E-state index in [9.17, 15) is 4.79 Å². The molecule has 0 radical (unpaired) electrons. The summed E-state index contributed by atoms with van der Waals surface area (Å²) < 4.78 is 0. The summed E-state index contributed by atoms with van der Waals surface area (Å²) in [4.78, 5) is 15.7. The third-order valence-electron chi connectivity index (χ3n) is 2.53. The Morgan fingerprint density at radius 2 is 2.12 bits per heavy atom. The van der Waals surface area contributed by atoms with Crippen LogP contribution in [-0.4, -0.2) is 24.4 Å². The van der Waals surface area contributed by atoms with Crippen LogP contribution in [0.2, 0.25) is 0 Å². The number of rotatable bonds is 4. The van der Waals surface area contributed by atoms with Crippen LogP contribution in [0.25, 0.3) is 10.4 Å². The normalized spacial score (nSPS) is 11.4. The Kier molecular flexibility index (Phi) is 4.36. The monoisotopic (exact) mass is 218 g/mol. The Morgan fingerprint density at radius 1 is 1.50 bits per heavy atom. The summed E-state index contributed by atoms with van der Waals surface area (Å²) in [6, 6.07) is 9.68. The number of carbonyl (C=O) groups excluding carboxylic acids is 1. The molecule has 1 aromatic carbocycles. The van der Waals surface area contributed by atoms with Gasteiger partial charge in [0, 0.05) is 12.0 Å². The maximum Gasteiger partial charge on any atom is 0.228 e.